The van der Waals surface area contributed by atoms with Gasteiger partial charge in [0.15, 0.2) is 5.17 Å². The van der Waals surface area contributed by atoms with E-state index in [1.165, 1.54) is 0 Å². The highest BCUT2D eigenvalue weighted by molar-refractivity contribution is 8.15. The Hall–Kier alpha value is -6.20. The van der Waals surface area contributed by atoms with Crippen LogP contribution in [0.5, 0.6) is 0 Å². The summed E-state index contributed by atoms with van der Waals surface area (Å²) >= 11 is 17.2. The van der Waals surface area contributed by atoms with Gasteiger partial charge in [-0.15, -0.1) is 0 Å². The highest BCUT2D eigenvalue weighted by Crippen LogP contribution is 2.35. The molecule has 0 saturated carbocycles. The largest absolute Gasteiger partial charge is 0.467 e. The number of hydrogen-bond donors (Lipinski definition) is 0. The van der Waals surface area contributed by atoms with Crippen molar-refractivity contribution < 1.29 is 49.4 Å². The van der Waals surface area contributed by atoms with Crippen molar-refractivity contribution in [3.63, 3.8) is 0 Å². The van der Waals surface area contributed by atoms with Crippen LogP contribution in [0.25, 0.3) is 11.4 Å². The lowest BCUT2D eigenvalue weighted by Crippen LogP contribution is -2.46. The fraction of sp³-hybridized carbons (Fsp3) is 0.211. The molecule has 0 aliphatic carbocycles. The molecule has 3 heterocycles. The van der Waals surface area contributed by atoms with Crippen LogP contribution in [0.4, 0.5) is 46.5 Å². The second kappa shape index (κ2) is 19.3. The first-order valence-corrected chi connectivity index (χ1v) is 19.6. The number of methoxy groups -OCH3 is 1. The van der Waals surface area contributed by atoms with Crippen molar-refractivity contribution in [1.29, 1.82) is 0 Å². The van der Waals surface area contributed by atoms with Gasteiger partial charge in [0.25, 0.3) is 11.1 Å². The van der Waals surface area contributed by atoms with E-state index in [0.29, 0.717) is 0 Å². The van der Waals surface area contributed by atoms with E-state index >= 15 is 0 Å². The number of carbonyl (C=O) groups is 2. The van der Waals surface area contributed by atoms with Crippen molar-refractivity contribution >= 4 is 80.8 Å². The van der Waals surface area contributed by atoms with E-state index in [1.54, 1.807) is 30.3 Å². The minimum absolute atomic E-state index is 0.00320. The summed E-state index contributed by atoms with van der Waals surface area (Å²) in [6.45, 7) is 0. The number of esters is 1. The first-order chi connectivity index (χ1) is 29.9. The van der Waals surface area contributed by atoms with Gasteiger partial charge in [0.2, 0.25) is 5.91 Å². The Kier molecular flexibility index (Phi) is 14.7. The normalized spacial score (nSPS) is 13.9. The lowest BCUT2D eigenvalue weighted by molar-refractivity contribution is -0.148. The lowest BCUT2D eigenvalue weighted by Gasteiger charge is -2.25. The fourth-order valence-electron chi connectivity index (χ4n) is 5.98. The van der Waals surface area contributed by atoms with Crippen molar-refractivity contribution in [1.82, 2.24) is 23.2 Å². The molecule has 5 aromatic rings. The van der Waals surface area contributed by atoms with Gasteiger partial charge in [-0.25, -0.2) is 37.3 Å². The van der Waals surface area contributed by atoms with E-state index < -0.39 is 87.2 Å². The predicted molar refractivity (Wildman–Crippen MR) is 222 cm³/mol. The Balaban J connectivity index is 0.000000274. The Morgan fingerprint density at radius 2 is 1.27 bits per heavy atom. The van der Waals surface area contributed by atoms with E-state index in [0.717, 1.165) is 67.7 Å². The number of carbonyl (C=O) groups excluding carboxylic acids is 2. The number of halogens is 10. The summed E-state index contributed by atoms with van der Waals surface area (Å²) in [6, 6.07) is 11.3. The molecule has 14 nitrogen and oxygen atoms in total. The van der Waals surface area contributed by atoms with Crippen molar-refractivity contribution in [2.45, 2.75) is 24.8 Å². The number of thioether (sulfide) groups is 1. The smallest absolute Gasteiger partial charge is 0.431 e. The number of rotatable bonds is 8. The molecule has 1 unspecified atom stereocenters. The molecule has 1 atom stereocenters. The second-order valence-electron chi connectivity index (χ2n) is 13.0. The molecule has 1 aliphatic heterocycles. The molecule has 64 heavy (non-hydrogen) atoms. The van der Waals surface area contributed by atoms with Gasteiger partial charge >= 0.3 is 29.7 Å². The summed E-state index contributed by atoms with van der Waals surface area (Å²) < 4.78 is 113. The molecule has 3 aromatic carbocycles. The van der Waals surface area contributed by atoms with Gasteiger partial charge in [-0.2, -0.15) is 31.3 Å². The summed E-state index contributed by atoms with van der Waals surface area (Å²) in [4.78, 5) is 83.8. The van der Waals surface area contributed by atoms with Crippen LogP contribution in [0, 0.1) is 11.6 Å². The van der Waals surface area contributed by atoms with Crippen LogP contribution in [-0.4, -0.2) is 64.3 Å². The number of amidine groups is 1. The molecular formula is C38H25Cl2F8N7O7S2. The highest BCUT2D eigenvalue weighted by atomic mass is 35.5. The summed E-state index contributed by atoms with van der Waals surface area (Å²) in [6.07, 6.45) is -9.84. The lowest BCUT2D eigenvalue weighted by atomic mass is 10.0. The molecule has 1 amide bonds. The standard InChI is InChI=1S/C25H19ClF4N4O5S.C13H6ClF4N3O2S/c1-32-19(25(28,29)30)11-20(35)34(24(32)38)17-10-16(14(26)9-15(17)27)31-23-33(21(36)12-40-23)18(22(37)39-2)8-13-6-4-3-5-7-13;1-20-10(13(16,17)18)4-11(22)21(12(20)23)9-3-8(19-5-24)6(14)2-7(9)15/h3-7,9-11,18H,8,12H2,1-2H3;2-4H,1H3. The molecular weight excluding hydrogens is 953 g/mol. The quantitative estimate of drug-likeness (QED) is 0.0708. The van der Waals surface area contributed by atoms with Gasteiger partial charge < -0.3 is 4.74 Å². The van der Waals surface area contributed by atoms with E-state index in [1.807, 2.05) is 5.16 Å². The van der Waals surface area contributed by atoms with Crippen LogP contribution in [0.3, 0.4) is 0 Å². The zero-order valence-corrected chi connectivity index (χ0v) is 35.6. The average Bonchev–Trinajstić information content (AvgIpc) is 3.58. The van der Waals surface area contributed by atoms with E-state index in [2.05, 4.69) is 22.2 Å². The number of ether oxygens (including phenoxy) is 1. The number of benzene rings is 3. The Bertz CT molecular complexity index is 3020. The average molecular weight is 979 g/mol. The SMILES string of the molecule is COC(=O)C(Cc1ccccc1)N1C(=O)CSC1=Nc1cc(-n2c(=O)cc(C(F)(F)F)n(C)c2=O)c(F)cc1Cl.Cn1c(C(F)(F)F)cc(=O)n(-c2cc(N=C=S)c(Cl)cc2F)c1=O. The minimum Gasteiger partial charge on any atom is -0.467 e. The molecule has 26 heteroatoms. The molecule has 2 aromatic heterocycles. The zero-order valence-electron chi connectivity index (χ0n) is 32.4. The van der Waals surface area contributed by atoms with Crippen LogP contribution < -0.4 is 22.5 Å². The summed E-state index contributed by atoms with van der Waals surface area (Å²) in [5, 5.41) is 1.51. The number of thiocarbonyl (C=S) groups is 1. The summed E-state index contributed by atoms with van der Waals surface area (Å²) in [5.74, 6) is -3.57. The monoisotopic (exact) mass is 977 g/mol. The topological polar surface area (TPSA) is 159 Å². The van der Waals surface area contributed by atoms with Gasteiger partial charge in [0.05, 0.1) is 50.8 Å². The summed E-state index contributed by atoms with van der Waals surface area (Å²) in [7, 11) is 2.76. The molecule has 0 radical (unpaired) electrons. The minimum atomic E-state index is -5.01. The molecule has 0 N–H and O–H groups in total. The van der Waals surface area contributed by atoms with Crippen molar-refractivity contribution in [3.8, 4) is 11.4 Å². The number of nitrogens with zero attached hydrogens (tertiary/aromatic N) is 7. The van der Waals surface area contributed by atoms with Crippen LogP contribution >= 0.6 is 47.2 Å². The van der Waals surface area contributed by atoms with Crippen molar-refractivity contribution in [2.24, 2.45) is 24.1 Å². The first kappa shape index (κ1) is 48.8. The zero-order chi connectivity index (χ0) is 47.6. The number of aliphatic imine (C=N–C) groups is 2. The third kappa shape index (κ3) is 10.3. The van der Waals surface area contributed by atoms with Crippen molar-refractivity contribution in [2.75, 3.05) is 12.9 Å². The van der Waals surface area contributed by atoms with Crippen LogP contribution in [0.15, 0.2) is 95.9 Å². The van der Waals surface area contributed by atoms with E-state index in [9.17, 15) is 63.9 Å². The van der Waals surface area contributed by atoms with E-state index in [4.69, 9.17) is 27.9 Å². The van der Waals surface area contributed by atoms with Gasteiger partial charge in [0.1, 0.15) is 29.1 Å². The Morgan fingerprint density at radius 1 is 0.797 bits per heavy atom. The molecule has 0 bridgehead atoms. The molecule has 1 saturated heterocycles. The van der Waals surface area contributed by atoms with Gasteiger partial charge in [-0.05, 0) is 42.0 Å². The fourth-order valence-corrected chi connectivity index (χ4v) is 7.38. The van der Waals surface area contributed by atoms with Crippen molar-refractivity contribution in [3.05, 3.63) is 147 Å². The molecule has 336 valence electrons. The predicted octanol–water partition coefficient (Wildman–Crippen LogP) is 6.78. The Morgan fingerprint density at radius 3 is 1.72 bits per heavy atom. The van der Waals surface area contributed by atoms with E-state index in [-0.39, 0.29) is 69.2 Å². The van der Waals surface area contributed by atoms with Crippen LogP contribution in [0.2, 0.25) is 10.0 Å². The van der Waals surface area contributed by atoms with Crippen LogP contribution in [-0.2, 0) is 47.2 Å². The van der Waals surface area contributed by atoms with Gasteiger partial charge in [-0.3, -0.25) is 28.4 Å². The third-order valence-electron chi connectivity index (χ3n) is 8.97. The first-order valence-electron chi connectivity index (χ1n) is 17.4. The van der Waals surface area contributed by atoms with Crippen LogP contribution in [0.1, 0.15) is 17.0 Å². The maximum Gasteiger partial charge on any atom is 0.431 e. The summed E-state index contributed by atoms with van der Waals surface area (Å²) in [5.41, 5.74) is -9.51. The highest BCUT2D eigenvalue weighted by Gasteiger charge is 2.40. The number of amides is 1. The van der Waals surface area contributed by atoms with Gasteiger partial charge in [0, 0.05) is 32.6 Å². The molecule has 1 aliphatic rings. The number of hydrogen-bond acceptors (Lipinski definition) is 11. The number of aromatic nitrogens is 4. The molecule has 0 spiro atoms. The second-order valence-corrected chi connectivity index (χ2v) is 14.9. The maximum absolute atomic E-state index is 14.9. The third-order valence-corrected chi connectivity index (χ3v) is 10.6. The van der Waals surface area contributed by atoms with Gasteiger partial charge in [-0.1, -0.05) is 65.3 Å². The number of isothiocyanates is 1. The molecule has 1 fully saturated rings. The number of alkyl halides is 6. The maximum atomic E-state index is 14.9. The Labute approximate surface area is 372 Å². The molecule has 6 rings (SSSR count).